The zero-order chi connectivity index (χ0) is 15.0. The lowest BCUT2D eigenvalue weighted by molar-refractivity contribution is 0.124. The third kappa shape index (κ3) is 4.23. The number of nitrogens with two attached hydrogens (primary N) is 1. The molecule has 112 valence electrons. The molecule has 0 aliphatic carbocycles. The van der Waals surface area contributed by atoms with Crippen molar-refractivity contribution in [2.45, 2.75) is 45.7 Å². The lowest BCUT2D eigenvalue weighted by atomic mass is 9.96. The molecule has 0 spiro atoms. The Hall–Kier alpha value is -1.55. The number of amides is 2. The number of rotatable bonds is 7. The molecule has 0 aliphatic rings. The van der Waals surface area contributed by atoms with Crippen molar-refractivity contribution in [2.24, 2.45) is 5.73 Å². The van der Waals surface area contributed by atoms with E-state index in [1.54, 1.807) is 0 Å². The van der Waals surface area contributed by atoms with Crippen LogP contribution in [0, 0.1) is 0 Å². The van der Waals surface area contributed by atoms with Crippen LogP contribution < -0.4 is 11.1 Å². The van der Waals surface area contributed by atoms with E-state index in [1.807, 2.05) is 42.2 Å². The Morgan fingerprint density at radius 2 is 1.95 bits per heavy atom. The maximum atomic E-state index is 12.4. The summed E-state index contributed by atoms with van der Waals surface area (Å²) in [5.41, 5.74) is 6.69. The van der Waals surface area contributed by atoms with E-state index in [0.29, 0.717) is 13.1 Å². The summed E-state index contributed by atoms with van der Waals surface area (Å²) in [7, 11) is 0. The van der Waals surface area contributed by atoms with Gasteiger partial charge < -0.3 is 16.0 Å². The quantitative estimate of drug-likeness (QED) is 0.805. The Labute approximate surface area is 122 Å². The first-order chi connectivity index (χ1) is 9.57. The molecule has 0 saturated heterocycles. The number of nitrogens with one attached hydrogen (secondary N) is 1. The second-order valence-electron chi connectivity index (χ2n) is 5.35. The summed E-state index contributed by atoms with van der Waals surface area (Å²) in [6.45, 7) is 7.93. The molecule has 1 unspecified atom stereocenters. The van der Waals surface area contributed by atoms with Crippen LogP contribution in [0.5, 0.6) is 0 Å². The number of carbonyl (C=O) groups excluding carboxylic acids is 1. The van der Waals surface area contributed by atoms with Crippen molar-refractivity contribution >= 4 is 6.03 Å². The third-order valence-electron chi connectivity index (χ3n) is 3.83. The highest BCUT2D eigenvalue weighted by Gasteiger charge is 2.31. The molecule has 0 aromatic heterocycles. The molecule has 0 heterocycles. The fourth-order valence-electron chi connectivity index (χ4n) is 2.15. The van der Waals surface area contributed by atoms with E-state index in [2.05, 4.69) is 19.2 Å². The van der Waals surface area contributed by atoms with Gasteiger partial charge in [0.05, 0.1) is 5.54 Å². The number of carbonyl (C=O) groups is 1. The van der Waals surface area contributed by atoms with Crippen LogP contribution >= 0.6 is 0 Å². The highest BCUT2D eigenvalue weighted by molar-refractivity contribution is 5.75. The number of benzene rings is 1. The normalized spacial score (nSPS) is 13.6. The SMILES string of the molecule is CCCN(C(=O)NCc1ccccc1)C(C)(CC)CN. The molecular formula is C16H27N3O. The van der Waals surface area contributed by atoms with Crippen LogP contribution in [-0.2, 0) is 6.54 Å². The van der Waals surface area contributed by atoms with Crippen LogP contribution in [-0.4, -0.2) is 29.6 Å². The van der Waals surface area contributed by atoms with Gasteiger partial charge >= 0.3 is 6.03 Å². The summed E-state index contributed by atoms with van der Waals surface area (Å²) < 4.78 is 0. The maximum absolute atomic E-state index is 12.4. The topological polar surface area (TPSA) is 58.4 Å². The first-order valence-corrected chi connectivity index (χ1v) is 7.36. The second kappa shape index (κ2) is 7.90. The van der Waals surface area contributed by atoms with Gasteiger partial charge in [-0.1, -0.05) is 44.2 Å². The van der Waals surface area contributed by atoms with Crippen molar-refractivity contribution in [3.05, 3.63) is 35.9 Å². The molecule has 1 atom stereocenters. The molecule has 20 heavy (non-hydrogen) atoms. The standard InChI is InChI=1S/C16H27N3O/c1-4-11-19(16(3,5-2)13-17)15(20)18-12-14-9-7-6-8-10-14/h6-10H,4-5,11-13,17H2,1-3H3,(H,18,20). The Kier molecular flexibility index (Phi) is 6.52. The maximum Gasteiger partial charge on any atom is 0.318 e. The van der Waals surface area contributed by atoms with E-state index in [9.17, 15) is 4.79 Å². The van der Waals surface area contributed by atoms with E-state index in [4.69, 9.17) is 5.73 Å². The van der Waals surface area contributed by atoms with E-state index < -0.39 is 0 Å². The molecule has 4 nitrogen and oxygen atoms in total. The fourth-order valence-corrected chi connectivity index (χ4v) is 2.15. The molecule has 2 amide bonds. The summed E-state index contributed by atoms with van der Waals surface area (Å²) in [5, 5.41) is 2.99. The van der Waals surface area contributed by atoms with Crippen LogP contribution in [0.15, 0.2) is 30.3 Å². The Morgan fingerprint density at radius 3 is 2.45 bits per heavy atom. The average molecular weight is 277 g/mol. The molecule has 1 aromatic carbocycles. The molecular weight excluding hydrogens is 250 g/mol. The molecule has 3 N–H and O–H groups in total. The van der Waals surface area contributed by atoms with Crippen molar-refractivity contribution in [3.63, 3.8) is 0 Å². The van der Waals surface area contributed by atoms with Crippen molar-refractivity contribution in [1.29, 1.82) is 0 Å². The number of hydrogen-bond donors (Lipinski definition) is 2. The molecule has 0 aliphatic heterocycles. The first-order valence-electron chi connectivity index (χ1n) is 7.36. The largest absolute Gasteiger partial charge is 0.334 e. The van der Waals surface area contributed by atoms with Gasteiger partial charge in [0.2, 0.25) is 0 Å². The smallest absolute Gasteiger partial charge is 0.318 e. The van der Waals surface area contributed by atoms with Gasteiger partial charge in [-0.25, -0.2) is 4.79 Å². The van der Waals surface area contributed by atoms with Crippen LogP contribution in [0.3, 0.4) is 0 Å². The van der Waals surface area contributed by atoms with E-state index in [1.165, 1.54) is 0 Å². The molecule has 0 radical (unpaired) electrons. The monoisotopic (exact) mass is 277 g/mol. The highest BCUT2D eigenvalue weighted by atomic mass is 16.2. The Bertz CT molecular complexity index is 401. The van der Waals surface area contributed by atoms with Gasteiger partial charge in [0.25, 0.3) is 0 Å². The van der Waals surface area contributed by atoms with E-state index in [-0.39, 0.29) is 11.6 Å². The number of nitrogens with zero attached hydrogens (tertiary/aromatic N) is 1. The minimum atomic E-state index is -0.281. The van der Waals surface area contributed by atoms with Gasteiger partial charge in [-0.05, 0) is 25.3 Å². The van der Waals surface area contributed by atoms with Gasteiger partial charge in [-0.15, -0.1) is 0 Å². The van der Waals surface area contributed by atoms with Crippen molar-refractivity contribution in [3.8, 4) is 0 Å². The van der Waals surface area contributed by atoms with Gasteiger partial charge in [0.15, 0.2) is 0 Å². The van der Waals surface area contributed by atoms with Gasteiger partial charge in [0, 0.05) is 19.6 Å². The summed E-state index contributed by atoms with van der Waals surface area (Å²) in [6.07, 6.45) is 1.77. The van der Waals surface area contributed by atoms with E-state index in [0.717, 1.165) is 24.9 Å². The van der Waals surface area contributed by atoms with E-state index >= 15 is 0 Å². The predicted octanol–water partition coefficient (Wildman–Crippen LogP) is 2.74. The second-order valence-corrected chi connectivity index (χ2v) is 5.35. The zero-order valence-corrected chi connectivity index (χ0v) is 12.9. The van der Waals surface area contributed by atoms with Crippen LogP contribution in [0.25, 0.3) is 0 Å². The lowest BCUT2D eigenvalue weighted by Crippen LogP contribution is -2.57. The minimum absolute atomic E-state index is 0.0366. The Balaban J connectivity index is 2.69. The van der Waals surface area contributed by atoms with Crippen molar-refractivity contribution in [1.82, 2.24) is 10.2 Å². The summed E-state index contributed by atoms with van der Waals surface area (Å²) >= 11 is 0. The van der Waals surface area contributed by atoms with Crippen LogP contribution in [0.1, 0.15) is 39.2 Å². The van der Waals surface area contributed by atoms with Gasteiger partial charge in [0.1, 0.15) is 0 Å². The third-order valence-corrected chi connectivity index (χ3v) is 3.83. The number of hydrogen-bond acceptors (Lipinski definition) is 2. The minimum Gasteiger partial charge on any atom is -0.334 e. The lowest BCUT2D eigenvalue weighted by Gasteiger charge is -2.40. The molecule has 1 aromatic rings. The molecule has 4 heteroatoms. The summed E-state index contributed by atoms with van der Waals surface area (Å²) in [4.78, 5) is 14.3. The fraction of sp³-hybridized carbons (Fsp3) is 0.562. The summed E-state index contributed by atoms with van der Waals surface area (Å²) in [5.74, 6) is 0. The summed E-state index contributed by atoms with van der Waals surface area (Å²) in [6, 6.07) is 9.89. The van der Waals surface area contributed by atoms with Crippen molar-refractivity contribution in [2.75, 3.05) is 13.1 Å². The molecule has 0 saturated carbocycles. The predicted molar refractivity (Wildman–Crippen MR) is 83.4 cm³/mol. The molecule has 1 rings (SSSR count). The molecule has 0 bridgehead atoms. The van der Waals surface area contributed by atoms with Gasteiger partial charge in [-0.2, -0.15) is 0 Å². The first kappa shape index (κ1) is 16.5. The van der Waals surface area contributed by atoms with Crippen LogP contribution in [0.4, 0.5) is 4.79 Å². The number of urea groups is 1. The van der Waals surface area contributed by atoms with Gasteiger partial charge in [-0.3, -0.25) is 0 Å². The van der Waals surface area contributed by atoms with Crippen molar-refractivity contribution < 1.29 is 4.79 Å². The Morgan fingerprint density at radius 1 is 1.30 bits per heavy atom. The average Bonchev–Trinajstić information content (AvgIpc) is 2.50. The zero-order valence-electron chi connectivity index (χ0n) is 12.9. The highest BCUT2D eigenvalue weighted by Crippen LogP contribution is 2.18. The van der Waals surface area contributed by atoms with Crippen LogP contribution in [0.2, 0.25) is 0 Å². The molecule has 0 fully saturated rings.